The van der Waals surface area contributed by atoms with Gasteiger partial charge in [0.05, 0.1) is 32.6 Å². The van der Waals surface area contributed by atoms with Gasteiger partial charge in [0.25, 0.3) is 0 Å². The number of hydrogen-bond donors (Lipinski definition) is 0. The maximum absolute atomic E-state index is 2.33. The van der Waals surface area contributed by atoms with Gasteiger partial charge in [0.15, 0.2) is 0 Å². The molecule has 0 unspecified atom stereocenters. The first kappa shape index (κ1) is 6.09. The quantitative estimate of drug-likeness (QED) is 0.416. The van der Waals surface area contributed by atoms with Crippen LogP contribution in [0.3, 0.4) is 0 Å². The molecule has 1 fully saturated rings. The molecule has 1 heterocycles. The summed E-state index contributed by atoms with van der Waals surface area (Å²) < 4.78 is 1.20. The summed E-state index contributed by atoms with van der Waals surface area (Å²) in [5, 5.41) is 0. The number of quaternary nitrogens is 1. The maximum Gasteiger partial charge on any atom is 0.0985 e. The van der Waals surface area contributed by atoms with Crippen LogP contribution in [0.25, 0.3) is 0 Å². The molecule has 1 nitrogen and oxygen atoms in total. The van der Waals surface area contributed by atoms with Crippen LogP contribution in [0.4, 0.5) is 0 Å². The highest BCUT2D eigenvalue weighted by Gasteiger charge is 2.46. The van der Waals surface area contributed by atoms with Gasteiger partial charge in [0.1, 0.15) is 0 Å². The first-order valence-electron chi connectivity index (χ1n) is 3.29. The average Bonchev–Trinajstić information content (AvgIpc) is 1.64. The highest BCUT2D eigenvalue weighted by atomic mass is 15.4. The minimum atomic E-state index is 0.556. The van der Waals surface area contributed by atoms with Crippen LogP contribution in [-0.2, 0) is 0 Å². The predicted octanol–water partition coefficient (Wildman–Crippen LogP) is 1.25. The van der Waals surface area contributed by atoms with Crippen molar-refractivity contribution in [3.8, 4) is 0 Å². The SMILES string of the molecule is CC1(C)CC[N+]1(C)C. The second-order valence-electron chi connectivity index (χ2n) is 3.97. The van der Waals surface area contributed by atoms with E-state index in [2.05, 4.69) is 27.9 Å². The van der Waals surface area contributed by atoms with Crippen molar-refractivity contribution >= 4 is 0 Å². The monoisotopic (exact) mass is 114 g/mol. The second kappa shape index (κ2) is 1.27. The molecule has 0 spiro atoms. The van der Waals surface area contributed by atoms with Gasteiger partial charge in [0.2, 0.25) is 0 Å². The fourth-order valence-corrected chi connectivity index (χ4v) is 1.01. The molecule has 0 saturated carbocycles. The molecule has 0 aliphatic carbocycles. The van der Waals surface area contributed by atoms with E-state index in [0.717, 1.165) is 0 Å². The van der Waals surface area contributed by atoms with Crippen molar-refractivity contribution in [1.82, 2.24) is 0 Å². The summed E-state index contributed by atoms with van der Waals surface area (Å²) in [5.74, 6) is 0. The molecule has 1 aliphatic rings. The van der Waals surface area contributed by atoms with E-state index < -0.39 is 0 Å². The van der Waals surface area contributed by atoms with Gasteiger partial charge in [-0.25, -0.2) is 0 Å². The lowest BCUT2D eigenvalue weighted by atomic mass is 9.86. The van der Waals surface area contributed by atoms with Crippen LogP contribution in [0.2, 0.25) is 0 Å². The van der Waals surface area contributed by atoms with Gasteiger partial charge in [-0.3, -0.25) is 0 Å². The molecule has 0 aromatic carbocycles. The number of hydrogen-bond acceptors (Lipinski definition) is 0. The zero-order chi connectivity index (χ0) is 6.41. The van der Waals surface area contributed by atoms with E-state index in [0.29, 0.717) is 5.54 Å². The first-order valence-corrected chi connectivity index (χ1v) is 3.29. The van der Waals surface area contributed by atoms with Crippen molar-refractivity contribution in [1.29, 1.82) is 0 Å². The largest absolute Gasteiger partial charge is 0.324 e. The van der Waals surface area contributed by atoms with Crippen LogP contribution in [-0.4, -0.2) is 30.7 Å². The summed E-state index contributed by atoms with van der Waals surface area (Å²) in [6, 6.07) is 0. The Morgan fingerprint density at radius 2 is 1.62 bits per heavy atom. The third-order valence-corrected chi connectivity index (χ3v) is 2.92. The average molecular weight is 114 g/mol. The molecule has 1 heteroatoms. The van der Waals surface area contributed by atoms with E-state index >= 15 is 0 Å². The minimum absolute atomic E-state index is 0.556. The summed E-state index contributed by atoms with van der Waals surface area (Å²) in [5.41, 5.74) is 0.556. The van der Waals surface area contributed by atoms with Gasteiger partial charge in [-0.2, -0.15) is 0 Å². The Bertz CT molecular complexity index is 89.0. The smallest absolute Gasteiger partial charge is 0.0985 e. The van der Waals surface area contributed by atoms with Gasteiger partial charge in [-0.1, -0.05) is 0 Å². The van der Waals surface area contributed by atoms with Crippen molar-refractivity contribution in [2.24, 2.45) is 0 Å². The van der Waals surface area contributed by atoms with E-state index in [9.17, 15) is 0 Å². The van der Waals surface area contributed by atoms with E-state index in [1.54, 1.807) is 0 Å². The molecule has 1 aliphatic heterocycles. The Hall–Kier alpha value is -0.0400. The number of nitrogens with zero attached hydrogens (tertiary/aromatic N) is 1. The highest BCUT2D eigenvalue weighted by molar-refractivity contribution is 4.76. The summed E-state index contributed by atoms with van der Waals surface area (Å²) in [6.45, 7) is 6.01. The molecule has 0 aromatic rings. The van der Waals surface area contributed by atoms with Gasteiger partial charge < -0.3 is 4.48 Å². The maximum atomic E-state index is 2.33. The number of likely N-dealkylation sites (tertiary alicyclic amines) is 1. The van der Waals surface area contributed by atoms with Crippen LogP contribution in [0.1, 0.15) is 20.3 Å². The lowest BCUT2D eigenvalue weighted by Crippen LogP contribution is -2.66. The first-order chi connectivity index (χ1) is 3.46. The van der Waals surface area contributed by atoms with Crippen LogP contribution in [0.5, 0.6) is 0 Å². The summed E-state index contributed by atoms with van der Waals surface area (Å²) in [4.78, 5) is 0. The summed E-state index contributed by atoms with van der Waals surface area (Å²) in [7, 11) is 4.59. The second-order valence-corrected chi connectivity index (χ2v) is 3.97. The van der Waals surface area contributed by atoms with Crippen LogP contribution >= 0.6 is 0 Å². The molecule has 0 aromatic heterocycles. The van der Waals surface area contributed by atoms with Gasteiger partial charge >= 0.3 is 0 Å². The molecule has 0 amide bonds. The Labute approximate surface area is 51.9 Å². The summed E-state index contributed by atoms with van der Waals surface area (Å²) in [6.07, 6.45) is 1.39. The molecule has 0 N–H and O–H groups in total. The van der Waals surface area contributed by atoms with Crippen molar-refractivity contribution in [2.45, 2.75) is 25.8 Å². The standard InChI is InChI=1S/C7H16N/c1-7(2)5-6-8(7,3)4/h5-6H2,1-4H3/q+1. The fourth-order valence-electron chi connectivity index (χ4n) is 1.01. The predicted molar refractivity (Wildman–Crippen MR) is 35.7 cm³/mol. The summed E-state index contributed by atoms with van der Waals surface area (Å²) >= 11 is 0. The lowest BCUT2D eigenvalue weighted by Gasteiger charge is -2.53. The van der Waals surface area contributed by atoms with Crippen molar-refractivity contribution in [3.05, 3.63) is 0 Å². The fraction of sp³-hybridized carbons (Fsp3) is 1.00. The van der Waals surface area contributed by atoms with Gasteiger partial charge in [0, 0.05) is 0 Å². The molecular formula is C7H16N+. The van der Waals surface area contributed by atoms with E-state index in [1.807, 2.05) is 0 Å². The zero-order valence-electron chi connectivity index (χ0n) is 6.36. The van der Waals surface area contributed by atoms with Gasteiger partial charge in [-0.15, -0.1) is 0 Å². The van der Waals surface area contributed by atoms with Crippen LogP contribution in [0, 0.1) is 0 Å². The minimum Gasteiger partial charge on any atom is -0.324 e. The molecule has 0 atom stereocenters. The van der Waals surface area contributed by atoms with Crippen LogP contribution in [0.15, 0.2) is 0 Å². The Morgan fingerprint density at radius 3 is 1.62 bits per heavy atom. The topological polar surface area (TPSA) is 0 Å². The van der Waals surface area contributed by atoms with E-state index in [-0.39, 0.29) is 0 Å². The molecule has 0 radical (unpaired) electrons. The number of rotatable bonds is 0. The molecule has 0 bridgehead atoms. The van der Waals surface area contributed by atoms with Crippen molar-refractivity contribution < 1.29 is 4.48 Å². The third kappa shape index (κ3) is 0.576. The van der Waals surface area contributed by atoms with Gasteiger partial charge in [-0.05, 0) is 13.8 Å². The highest BCUT2D eigenvalue weighted by Crippen LogP contribution is 2.33. The molecular weight excluding hydrogens is 98.1 g/mol. The zero-order valence-corrected chi connectivity index (χ0v) is 6.36. The molecule has 1 rings (SSSR count). The van der Waals surface area contributed by atoms with Crippen molar-refractivity contribution in [3.63, 3.8) is 0 Å². The molecule has 8 heavy (non-hydrogen) atoms. The van der Waals surface area contributed by atoms with Crippen LogP contribution < -0.4 is 0 Å². The Kier molecular flexibility index (Phi) is 0.965. The lowest BCUT2D eigenvalue weighted by molar-refractivity contribution is -0.980. The molecule has 1 saturated heterocycles. The van der Waals surface area contributed by atoms with E-state index in [4.69, 9.17) is 0 Å². The Morgan fingerprint density at radius 1 is 1.25 bits per heavy atom. The van der Waals surface area contributed by atoms with E-state index in [1.165, 1.54) is 17.4 Å². The molecule has 48 valence electrons. The normalized spacial score (nSPS) is 31.5. The van der Waals surface area contributed by atoms with Crippen molar-refractivity contribution in [2.75, 3.05) is 20.6 Å². The Balaban J connectivity index is 2.63. The third-order valence-electron chi connectivity index (χ3n) is 2.92.